The first-order valence-corrected chi connectivity index (χ1v) is 25.9. The number of aliphatic hydroxyl groups excluding tert-OH is 2. The van der Waals surface area contributed by atoms with Crippen LogP contribution in [0, 0.1) is 0 Å². The van der Waals surface area contributed by atoms with Gasteiger partial charge < -0.3 is 20.3 Å². The van der Waals surface area contributed by atoms with Crippen molar-refractivity contribution < 1.29 is 24.5 Å². The van der Waals surface area contributed by atoms with Crippen LogP contribution in [0.3, 0.4) is 0 Å². The van der Waals surface area contributed by atoms with E-state index >= 15 is 0 Å². The van der Waals surface area contributed by atoms with Crippen molar-refractivity contribution >= 4 is 11.9 Å². The first kappa shape index (κ1) is 57.8. The lowest BCUT2D eigenvalue weighted by Crippen LogP contribution is -2.46. The monoisotopic (exact) mass is 842 g/mol. The van der Waals surface area contributed by atoms with E-state index in [1.807, 2.05) is 0 Å². The molecule has 0 radical (unpaired) electrons. The number of carbonyl (C=O) groups is 2. The van der Waals surface area contributed by atoms with Gasteiger partial charge in [0.2, 0.25) is 5.91 Å². The molecule has 0 saturated heterocycles. The summed E-state index contributed by atoms with van der Waals surface area (Å²) in [6.07, 6.45) is 57.5. The summed E-state index contributed by atoms with van der Waals surface area (Å²) >= 11 is 0. The summed E-state index contributed by atoms with van der Waals surface area (Å²) in [5.41, 5.74) is 0. The number of esters is 1. The minimum Gasteiger partial charge on any atom is -0.462 e. The summed E-state index contributed by atoms with van der Waals surface area (Å²) in [7, 11) is 0. The Balaban J connectivity index is 4.59. The summed E-state index contributed by atoms with van der Waals surface area (Å²) in [6.45, 7) is 6.36. The Kier molecular flexibility index (Phi) is 46.1. The molecule has 0 fully saturated rings. The molecule has 3 atom stereocenters. The van der Waals surface area contributed by atoms with Crippen LogP contribution in [0.25, 0.3) is 0 Å². The van der Waals surface area contributed by atoms with Gasteiger partial charge in [-0.2, -0.15) is 0 Å². The number of allylic oxidation sites excluding steroid dienone is 8. The summed E-state index contributed by atoms with van der Waals surface area (Å²) in [4.78, 5) is 26.1. The molecule has 0 aromatic rings. The molecule has 3 unspecified atom stereocenters. The predicted octanol–water partition coefficient (Wildman–Crippen LogP) is 15.5. The van der Waals surface area contributed by atoms with Gasteiger partial charge in [-0.05, 0) is 57.8 Å². The van der Waals surface area contributed by atoms with Gasteiger partial charge in [0.15, 0.2) is 0 Å². The van der Waals surface area contributed by atoms with Crippen molar-refractivity contribution in [3.8, 4) is 0 Å². The molecule has 0 aromatic heterocycles. The lowest BCUT2D eigenvalue weighted by molar-refractivity contribution is -0.151. The van der Waals surface area contributed by atoms with Crippen molar-refractivity contribution in [2.24, 2.45) is 0 Å². The van der Waals surface area contributed by atoms with Crippen molar-refractivity contribution in [3.05, 3.63) is 48.6 Å². The van der Waals surface area contributed by atoms with Crippen LogP contribution < -0.4 is 5.32 Å². The Labute approximate surface area is 372 Å². The van der Waals surface area contributed by atoms with Crippen LogP contribution in [0.1, 0.15) is 258 Å². The summed E-state index contributed by atoms with van der Waals surface area (Å²) < 4.78 is 5.90. The van der Waals surface area contributed by atoms with Gasteiger partial charge in [-0.3, -0.25) is 9.59 Å². The Morgan fingerprint density at radius 2 is 0.900 bits per heavy atom. The van der Waals surface area contributed by atoms with Crippen LogP contribution in [-0.2, 0) is 14.3 Å². The number of amides is 1. The maximum atomic E-state index is 13.2. The lowest BCUT2D eigenvalue weighted by Gasteiger charge is -2.24. The number of aliphatic hydroxyl groups is 2. The maximum absolute atomic E-state index is 13.2. The van der Waals surface area contributed by atoms with Crippen molar-refractivity contribution in [2.75, 3.05) is 6.61 Å². The third kappa shape index (κ3) is 42.5. The Bertz CT molecular complexity index is 1040. The van der Waals surface area contributed by atoms with E-state index in [2.05, 4.69) is 74.7 Å². The SMILES string of the molecule is CC/C=C/C/C=C/C/C=C/C/C=C/CCCC(CC(=O)NC(CO)C(O)CCCCCCCCCCCCCCCCCC)OC(=O)CCCCCCCCCCCCC. The number of hydrogen-bond acceptors (Lipinski definition) is 5. The van der Waals surface area contributed by atoms with Crippen LogP contribution >= 0.6 is 0 Å². The van der Waals surface area contributed by atoms with Crippen LogP contribution in [-0.4, -0.2) is 46.9 Å². The molecule has 350 valence electrons. The molecule has 0 aliphatic rings. The van der Waals surface area contributed by atoms with E-state index in [9.17, 15) is 19.8 Å². The highest BCUT2D eigenvalue weighted by atomic mass is 16.5. The van der Waals surface area contributed by atoms with E-state index in [4.69, 9.17) is 4.74 Å². The number of hydrogen-bond donors (Lipinski definition) is 3. The van der Waals surface area contributed by atoms with Crippen molar-refractivity contribution in [3.63, 3.8) is 0 Å². The fourth-order valence-corrected chi connectivity index (χ4v) is 7.78. The molecule has 0 aromatic carbocycles. The Morgan fingerprint density at radius 3 is 1.33 bits per heavy atom. The second kappa shape index (κ2) is 47.9. The molecule has 0 saturated carbocycles. The van der Waals surface area contributed by atoms with Crippen molar-refractivity contribution in [1.29, 1.82) is 0 Å². The molecule has 1 amide bonds. The average Bonchev–Trinajstić information content (AvgIpc) is 3.24. The maximum Gasteiger partial charge on any atom is 0.306 e. The summed E-state index contributed by atoms with van der Waals surface area (Å²) in [5.74, 6) is -0.522. The van der Waals surface area contributed by atoms with Crippen molar-refractivity contribution in [1.82, 2.24) is 5.32 Å². The lowest BCUT2D eigenvalue weighted by atomic mass is 10.0. The predicted molar refractivity (Wildman–Crippen MR) is 259 cm³/mol. The van der Waals surface area contributed by atoms with Gasteiger partial charge in [-0.25, -0.2) is 0 Å². The molecule has 60 heavy (non-hydrogen) atoms. The first-order valence-electron chi connectivity index (χ1n) is 25.9. The zero-order chi connectivity index (χ0) is 43.8. The molecule has 6 nitrogen and oxygen atoms in total. The minimum atomic E-state index is -0.800. The third-order valence-electron chi connectivity index (χ3n) is 11.7. The van der Waals surface area contributed by atoms with Gasteiger partial charge in [0.1, 0.15) is 6.10 Å². The Hall–Kier alpha value is -2.18. The molecule has 0 rings (SSSR count). The van der Waals surface area contributed by atoms with Gasteiger partial charge in [0.05, 0.1) is 25.2 Å². The molecular weight excluding hydrogens is 743 g/mol. The quantitative estimate of drug-likeness (QED) is 0.0322. The zero-order valence-corrected chi connectivity index (χ0v) is 39.8. The number of nitrogens with one attached hydrogen (secondary N) is 1. The second-order valence-electron chi connectivity index (χ2n) is 17.5. The van der Waals surface area contributed by atoms with Gasteiger partial charge in [0, 0.05) is 6.42 Å². The van der Waals surface area contributed by atoms with Crippen LogP contribution in [0.15, 0.2) is 48.6 Å². The standard InChI is InChI=1S/C54H99NO5/c1-4-7-10-13-16-19-22-24-26-27-29-32-34-37-40-43-46-52(57)51(49-56)55-53(58)48-50(45-42-39-36-33-31-28-25-23-20-17-14-11-8-5-2)60-54(59)47-44-41-38-35-30-21-18-15-12-9-6-3/h8,11,17,20,25,28,33,36,50-52,56-57H,4-7,9-10,12-16,18-19,21-24,26-27,29-32,34-35,37-49H2,1-3H3,(H,55,58)/b11-8+,20-17+,28-25+,36-33+. The number of unbranched alkanes of at least 4 members (excludes halogenated alkanes) is 26. The van der Waals surface area contributed by atoms with E-state index in [1.54, 1.807) is 0 Å². The van der Waals surface area contributed by atoms with Crippen molar-refractivity contribution in [2.45, 2.75) is 277 Å². The highest BCUT2D eigenvalue weighted by Gasteiger charge is 2.24. The molecule has 0 aliphatic heterocycles. The number of rotatable bonds is 46. The van der Waals surface area contributed by atoms with E-state index in [0.29, 0.717) is 19.3 Å². The fourth-order valence-electron chi connectivity index (χ4n) is 7.78. The Morgan fingerprint density at radius 1 is 0.500 bits per heavy atom. The summed E-state index contributed by atoms with van der Waals surface area (Å²) in [5, 5.41) is 23.8. The molecule has 0 heterocycles. The third-order valence-corrected chi connectivity index (χ3v) is 11.7. The van der Waals surface area contributed by atoms with Gasteiger partial charge in [-0.1, -0.05) is 236 Å². The van der Waals surface area contributed by atoms with E-state index in [1.165, 1.54) is 135 Å². The van der Waals surface area contributed by atoms with E-state index < -0.39 is 18.2 Å². The number of carbonyl (C=O) groups excluding carboxylic acids is 2. The van der Waals surface area contributed by atoms with Crippen LogP contribution in [0.2, 0.25) is 0 Å². The molecule has 0 aliphatic carbocycles. The first-order chi connectivity index (χ1) is 29.5. The van der Waals surface area contributed by atoms with Crippen LogP contribution in [0.5, 0.6) is 0 Å². The van der Waals surface area contributed by atoms with E-state index in [-0.39, 0.29) is 24.9 Å². The largest absolute Gasteiger partial charge is 0.462 e. The molecular formula is C54H99NO5. The van der Waals surface area contributed by atoms with Crippen LogP contribution in [0.4, 0.5) is 0 Å². The summed E-state index contributed by atoms with van der Waals surface area (Å²) in [6, 6.07) is -0.717. The highest BCUT2D eigenvalue weighted by molar-refractivity contribution is 5.77. The average molecular weight is 842 g/mol. The molecule has 0 bridgehead atoms. The van der Waals surface area contributed by atoms with Gasteiger partial charge in [-0.15, -0.1) is 0 Å². The normalized spacial score (nSPS) is 13.6. The minimum absolute atomic E-state index is 0.0421. The molecule has 0 spiro atoms. The number of ether oxygens (including phenoxy) is 1. The van der Waals surface area contributed by atoms with E-state index in [0.717, 1.165) is 77.0 Å². The molecule has 6 heteroatoms. The molecule has 3 N–H and O–H groups in total. The second-order valence-corrected chi connectivity index (χ2v) is 17.5. The fraction of sp³-hybridized carbons (Fsp3) is 0.815. The highest BCUT2D eigenvalue weighted by Crippen LogP contribution is 2.17. The van der Waals surface area contributed by atoms with Gasteiger partial charge in [0.25, 0.3) is 0 Å². The smallest absolute Gasteiger partial charge is 0.306 e. The topological polar surface area (TPSA) is 95.9 Å². The zero-order valence-electron chi connectivity index (χ0n) is 39.8. The van der Waals surface area contributed by atoms with Gasteiger partial charge >= 0.3 is 5.97 Å².